The molecule has 0 saturated heterocycles. The Kier molecular flexibility index (Phi) is 5.40. The number of benzene rings is 1. The van der Waals surface area contributed by atoms with Crippen molar-refractivity contribution < 1.29 is 14.8 Å². The fraction of sp³-hybridized carbons (Fsp3) is 0.357. The second-order valence-corrected chi connectivity index (χ2v) is 4.75. The van der Waals surface area contributed by atoms with Crippen LogP contribution in [0.2, 0.25) is 0 Å². The van der Waals surface area contributed by atoms with E-state index >= 15 is 0 Å². The molecule has 0 aliphatic heterocycles. The quantitative estimate of drug-likeness (QED) is 0.472. The van der Waals surface area contributed by atoms with Crippen molar-refractivity contribution in [3.8, 4) is 0 Å². The smallest absolute Gasteiger partial charge is 0.270 e. The molecule has 0 aliphatic carbocycles. The molecule has 0 aliphatic rings. The molecule has 0 bridgehead atoms. The lowest BCUT2D eigenvalue weighted by atomic mass is 10.0. The molecule has 0 fully saturated rings. The number of nitro benzene ring substituents is 1. The molecule has 1 aromatic rings. The van der Waals surface area contributed by atoms with Crippen molar-refractivity contribution in [1.82, 2.24) is 5.32 Å². The largest absolute Gasteiger partial charge is 0.388 e. The zero-order valence-corrected chi connectivity index (χ0v) is 11.5. The third kappa shape index (κ3) is 5.19. The number of nitrogens with zero attached hydrogens (tertiary/aromatic N) is 1. The van der Waals surface area contributed by atoms with Gasteiger partial charge in [-0.05, 0) is 25.0 Å². The Labute approximate surface area is 117 Å². The molecule has 0 spiro atoms. The third-order valence-corrected chi connectivity index (χ3v) is 2.91. The zero-order valence-electron chi connectivity index (χ0n) is 11.5. The highest BCUT2D eigenvalue weighted by Gasteiger charge is 2.17. The number of carbonyl (C=O) groups excluding carboxylic acids is 1. The minimum atomic E-state index is -0.935. The predicted molar refractivity (Wildman–Crippen MR) is 76.1 cm³/mol. The van der Waals surface area contributed by atoms with Crippen molar-refractivity contribution >= 4 is 17.7 Å². The topological polar surface area (TPSA) is 92.5 Å². The maximum atomic E-state index is 11.6. The molecule has 1 rings (SSSR count). The van der Waals surface area contributed by atoms with Crippen LogP contribution in [-0.4, -0.2) is 28.1 Å². The van der Waals surface area contributed by atoms with E-state index in [0.717, 1.165) is 0 Å². The van der Waals surface area contributed by atoms with Crippen LogP contribution >= 0.6 is 0 Å². The summed E-state index contributed by atoms with van der Waals surface area (Å²) in [6, 6.07) is 5.98. The van der Waals surface area contributed by atoms with Crippen molar-refractivity contribution in [2.75, 3.05) is 6.54 Å². The van der Waals surface area contributed by atoms with Crippen LogP contribution in [0.4, 0.5) is 5.69 Å². The molecule has 20 heavy (non-hydrogen) atoms. The zero-order chi connectivity index (χ0) is 15.2. The fourth-order valence-electron chi connectivity index (χ4n) is 1.38. The van der Waals surface area contributed by atoms with Crippen molar-refractivity contribution in [3.05, 3.63) is 46.0 Å². The van der Waals surface area contributed by atoms with Gasteiger partial charge in [0.15, 0.2) is 0 Å². The minimum Gasteiger partial charge on any atom is -0.388 e. The molecule has 1 aromatic carbocycles. The van der Waals surface area contributed by atoms with Crippen LogP contribution in [0.5, 0.6) is 0 Å². The summed E-state index contributed by atoms with van der Waals surface area (Å²) in [5, 5.41) is 22.9. The minimum absolute atomic E-state index is 0.0264. The van der Waals surface area contributed by atoms with Crippen LogP contribution in [0, 0.1) is 10.1 Å². The molecule has 0 radical (unpaired) electrons. The van der Waals surface area contributed by atoms with Gasteiger partial charge in [-0.3, -0.25) is 14.9 Å². The van der Waals surface area contributed by atoms with Crippen LogP contribution in [-0.2, 0) is 4.79 Å². The number of nitrogens with one attached hydrogen (secondary N) is 1. The van der Waals surface area contributed by atoms with Gasteiger partial charge in [0, 0.05) is 24.8 Å². The van der Waals surface area contributed by atoms with Gasteiger partial charge < -0.3 is 10.4 Å². The molecular formula is C14H18N2O4. The first-order chi connectivity index (χ1) is 9.34. The van der Waals surface area contributed by atoms with Crippen LogP contribution in [0.15, 0.2) is 30.3 Å². The van der Waals surface area contributed by atoms with E-state index in [2.05, 4.69) is 5.32 Å². The predicted octanol–water partition coefficient (Wildman–Crippen LogP) is 1.89. The van der Waals surface area contributed by atoms with E-state index in [0.29, 0.717) is 12.0 Å². The highest BCUT2D eigenvalue weighted by molar-refractivity contribution is 5.91. The molecular weight excluding hydrogens is 260 g/mol. The van der Waals surface area contributed by atoms with Gasteiger partial charge in [-0.25, -0.2) is 0 Å². The summed E-state index contributed by atoms with van der Waals surface area (Å²) in [5.41, 5.74) is -0.396. The second kappa shape index (κ2) is 6.81. The monoisotopic (exact) mass is 278 g/mol. The summed E-state index contributed by atoms with van der Waals surface area (Å²) < 4.78 is 0. The number of hydrogen-bond acceptors (Lipinski definition) is 4. The van der Waals surface area contributed by atoms with E-state index in [1.165, 1.54) is 24.3 Å². The first-order valence-corrected chi connectivity index (χ1v) is 6.27. The Morgan fingerprint density at radius 2 is 2.25 bits per heavy atom. The van der Waals surface area contributed by atoms with Gasteiger partial charge in [-0.1, -0.05) is 19.1 Å². The number of rotatable bonds is 6. The van der Waals surface area contributed by atoms with Crippen LogP contribution in [0.3, 0.4) is 0 Å². The maximum absolute atomic E-state index is 11.6. The van der Waals surface area contributed by atoms with Gasteiger partial charge in [0.1, 0.15) is 0 Å². The van der Waals surface area contributed by atoms with Crippen molar-refractivity contribution in [2.45, 2.75) is 25.9 Å². The molecule has 2 N–H and O–H groups in total. The fourth-order valence-corrected chi connectivity index (χ4v) is 1.38. The molecule has 6 nitrogen and oxygen atoms in total. The van der Waals surface area contributed by atoms with Crippen LogP contribution < -0.4 is 5.32 Å². The van der Waals surface area contributed by atoms with Gasteiger partial charge >= 0.3 is 0 Å². The van der Waals surface area contributed by atoms with Crippen molar-refractivity contribution in [2.24, 2.45) is 0 Å². The van der Waals surface area contributed by atoms with Gasteiger partial charge in [-0.15, -0.1) is 0 Å². The molecule has 108 valence electrons. The Hall–Kier alpha value is -2.21. The Bertz CT molecular complexity index is 524. The number of hydrogen-bond donors (Lipinski definition) is 2. The summed E-state index contributed by atoms with van der Waals surface area (Å²) >= 11 is 0. The SMILES string of the molecule is CCC(C)(O)CNC(=O)C=Cc1cccc([N+](=O)[O-])c1. The summed E-state index contributed by atoms with van der Waals surface area (Å²) in [7, 11) is 0. The lowest BCUT2D eigenvalue weighted by Crippen LogP contribution is -2.39. The highest BCUT2D eigenvalue weighted by Crippen LogP contribution is 2.14. The average molecular weight is 278 g/mol. The van der Waals surface area contributed by atoms with Gasteiger partial charge in [0.2, 0.25) is 5.91 Å². The van der Waals surface area contributed by atoms with Crippen LogP contribution in [0.25, 0.3) is 6.08 Å². The van der Waals surface area contributed by atoms with Gasteiger partial charge in [-0.2, -0.15) is 0 Å². The second-order valence-electron chi connectivity index (χ2n) is 4.75. The van der Waals surface area contributed by atoms with Crippen molar-refractivity contribution in [1.29, 1.82) is 0 Å². The van der Waals surface area contributed by atoms with E-state index in [-0.39, 0.29) is 18.1 Å². The lowest BCUT2D eigenvalue weighted by Gasteiger charge is -2.20. The number of nitro groups is 1. The van der Waals surface area contributed by atoms with Crippen LogP contribution in [0.1, 0.15) is 25.8 Å². The van der Waals surface area contributed by atoms with E-state index in [9.17, 15) is 20.0 Å². The van der Waals surface area contributed by atoms with E-state index in [4.69, 9.17) is 0 Å². The van der Waals surface area contributed by atoms with E-state index in [1.54, 1.807) is 19.1 Å². The van der Waals surface area contributed by atoms with Gasteiger partial charge in [0.05, 0.1) is 10.5 Å². The Balaban J connectivity index is 2.61. The molecule has 1 unspecified atom stereocenters. The average Bonchev–Trinajstić information content (AvgIpc) is 2.43. The Morgan fingerprint density at radius 3 is 2.85 bits per heavy atom. The van der Waals surface area contributed by atoms with E-state index < -0.39 is 10.5 Å². The molecule has 0 aromatic heterocycles. The van der Waals surface area contributed by atoms with Gasteiger partial charge in [0.25, 0.3) is 5.69 Å². The number of aliphatic hydroxyl groups is 1. The third-order valence-electron chi connectivity index (χ3n) is 2.91. The summed E-state index contributed by atoms with van der Waals surface area (Å²) in [6.07, 6.45) is 3.30. The number of non-ortho nitro benzene ring substituents is 1. The summed E-state index contributed by atoms with van der Waals surface area (Å²) in [4.78, 5) is 21.7. The molecule has 0 saturated carbocycles. The first-order valence-electron chi connectivity index (χ1n) is 6.27. The molecule has 0 heterocycles. The number of amides is 1. The normalized spacial score (nSPS) is 13.9. The summed E-state index contributed by atoms with van der Waals surface area (Å²) in [6.45, 7) is 3.62. The van der Waals surface area contributed by atoms with E-state index in [1.807, 2.05) is 6.92 Å². The maximum Gasteiger partial charge on any atom is 0.270 e. The number of carbonyl (C=O) groups is 1. The molecule has 1 amide bonds. The first kappa shape index (κ1) is 15.8. The highest BCUT2D eigenvalue weighted by atomic mass is 16.6. The lowest BCUT2D eigenvalue weighted by molar-refractivity contribution is -0.384. The molecule has 1 atom stereocenters. The standard InChI is InChI=1S/C14H18N2O4/c1-3-14(2,18)10-15-13(17)8-7-11-5-4-6-12(9-11)16(19)20/h4-9,18H,3,10H2,1-2H3,(H,15,17). The summed E-state index contributed by atoms with van der Waals surface area (Å²) in [5.74, 6) is -0.356. The molecule has 6 heteroatoms. The van der Waals surface area contributed by atoms with Crippen molar-refractivity contribution in [3.63, 3.8) is 0 Å². The Morgan fingerprint density at radius 1 is 1.55 bits per heavy atom.